The molecule has 0 radical (unpaired) electrons. The Hall–Kier alpha value is -0.300. The van der Waals surface area contributed by atoms with Crippen LogP contribution in [0.2, 0.25) is 0 Å². The molecule has 1 heteroatoms. The number of rotatable bonds is 0. The molecule has 0 amide bonds. The first kappa shape index (κ1) is 10.8. The summed E-state index contributed by atoms with van der Waals surface area (Å²) in [6.45, 7) is 6.55. The third-order valence-electron chi connectivity index (χ3n) is 2.77. The highest BCUT2D eigenvalue weighted by molar-refractivity contribution is 5.16. The van der Waals surface area contributed by atoms with Crippen molar-refractivity contribution >= 4 is 0 Å². The lowest BCUT2D eigenvalue weighted by atomic mass is 9.80. The summed E-state index contributed by atoms with van der Waals surface area (Å²) < 4.78 is 0. The van der Waals surface area contributed by atoms with Gasteiger partial charge in [-0.2, -0.15) is 0 Å². The van der Waals surface area contributed by atoms with Gasteiger partial charge in [-0.25, -0.2) is 0 Å². The van der Waals surface area contributed by atoms with Crippen molar-refractivity contribution in [3.63, 3.8) is 0 Å². The minimum Gasteiger partial charge on any atom is -0.389 e. The second kappa shape index (κ2) is 4.28. The molecule has 1 rings (SSSR count). The Morgan fingerprint density at radius 3 is 2.54 bits per heavy atom. The highest BCUT2D eigenvalue weighted by atomic mass is 16.3. The Bertz CT molecular complexity index is 186. The van der Waals surface area contributed by atoms with E-state index in [1.165, 1.54) is 24.8 Å². The van der Waals surface area contributed by atoms with E-state index in [0.29, 0.717) is 0 Å². The lowest BCUT2D eigenvalue weighted by molar-refractivity contribution is 0.169. The summed E-state index contributed by atoms with van der Waals surface area (Å²) >= 11 is 0. The van der Waals surface area contributed by atoms with E-state index in [9.17, 15) is 5.11 Å². The van der Waals surface area contributed by atoms with E-state index in [0.717, 1.165) is 12.8 Å². The fraction of sp³-hybridized carbons (Fsp3) is 0.833. The first-order chi connectivity index (χ1) is 6.02. The van der Waals surface area contributed by atoms with E-state index in [1.54, 1.807) is 0 Å². The number of allylic oxidation sites excluding steroid dienone is 1. The molecule has 0 saturated carbocycles. The molecular weight excluding hydrogens is 160 g/mol. The summed E-state index contributed by atoms with van der Waals surface area (Å²) in [6.07, 6.45) is 7.88. The van der Waals surface area contributed by atoms with Gasteiger partial charge in [0.15, 0.2) is 0 Å². The third kappa shape index (κ3) is 3.15. The van der Waals surface area contributed by atoms with Gasteiger partial charge in [0.05, 0.1) is 6.10 Å². The van der Waals surface area contributed by atoms with Gasteiger partial charge in [0.2, 0.25) is 0 Å². The Morgan fingerprint density at radius 2 is 1.92 bits per heavy atom. The van der Waals surface area contributed by atoms with Crippen LogP contribution in [0.15, 0.2) is 11.6 Å². The van der Waals surface area contributed by atoms with Crippen molar-refractivity contribution in [2.24, 2.45) is 5.41 Å². The molecule has 1 aliphatic carbocycles. The van der Waals surface area contributed by atoms with Gasteiger partial charge in [-0.1, -0.05) is 39.7 Å². The maximum absolute atomic E-state index is 9.94. The predicted molar refractivity (Wildman–Crippen MR) is 56.6 cm³/mol. The molecule has 76 valence electrons. The molecule has 1 atom stereocenters. The normalized spacial score (nSPS) is 26.2. The van der Waals surface area contributed by atoms with Crippen LogP contribution in [0.3, 0.4) is 0 Å². The molecule has 1 unspecified atom stereocenters. The highest BCUT2D eigenvalue weighted by Gasteiger charge is 2.23. The predicted octanol–water partition coefficient (Wildman–Crippen LogP) is 3.28. The summed E-state index contributed by atoms with van der Waals surface area (Å²) in [6, 6.07) is 0. The lowest BCUT2D eigenvalue weighted by Crippen LogP contribution is -2.23. The van der Waals surface area contributed by atoms with Gasteiger partial charge in [-0.15, -0.1) is 0 Å². The van der Waals surface area contributed by atoms with Crippen molar-refractivity contribution in [2.45, 2.75) is 59.0 Å². The average molecular weight is 182 g/mol. The van der Waals surface area contributed by atoms with Crippen LogP contribution < -0.4 is 0 Å². The highest BCUT2D eigenvalue weighted by Crippen LogP contribution is 2.32. The van der Waals surface area contributed by atoms with Crippen molar-refractivity contribution in [1.29, 1.82) is 0 Å². The second-order valence-corrected chi connectivity index (χ2v) is 5.06. The van der Waals surface area contributed by atoms with E-state index in [2.05, 4.69) is 26.8 Å². The Morgan fingerprint density at radius 1 is 1.23 bits per heavy atom. The van der Waals surface area contributed by atoms with Crippen molar-refractivity contribution in [3.8, 4) is 0 Å². The van der Waals surface area contributed by atoms with E-state index in [1.807, 2.05) is 0 Å². The second-order valence-electron chi connectivity index (χ2n) is 5.06. The zero-order chi connectivity index (χ0) is 9.90. The van der Waals surface area contributed by atoms with E-state index >= 15 is 0 Å². The Labute approximate surface area is 81.9 Å². The molecule has 0 aromatic heterocycles. The van der Waals surface area contributed by atoms with Gasteiger partial charge >= 0.3 is 0 Å². The van der Waals surface area contributed by atoms with Crippen LogP contribution in [0.5, 0.6) is 0 Å². The molecule has 13 heavy (non-hydrogen) atoms. The van der Waals surface area contributed by atoms with Gasteiger partial charge in [0.1, 0.15) is 0 Å². The van der Waals surface area contributed by atoms with Crippen LogP contribution in [0.4, 0.5) is 0 Å². The minimum atomic E-state index is -0.194. The third-order valence-corrected chi connectivity index (χ3v) is 2.77. The van der Waals surface area contributed by atoms with Crippen LogP contribution in [0, 0.1) is 5.41 Å². The van der Waals surface area contributed by atoms with Gasteiger partial charge in [-0.3, -0.25) is 0 Å². The molecule has 0 spiro atoms. The largest absolute Gasteiger partial charge is 0.389 e. The fourth-order valence-electron chi connectivity index (χ4n) is 2.01. The molecule has 1 N–H and O–H groups in total. The summed E-state index contributed by atoms with van der Waals surface area (Å²) in [5.41, 5.74) is 1.38. The van der Waals surface area contributed by atoms with Crippen LogP contribution in [-0.2, 0) is 0 Å². The Kier molecular flexibility index (Phi) is 3.55. The number of hydrogen-bond donors (Lipinski definition) is 1. The van der Waals surface area contributed by atoms with Crippen LogP contribution in [-0.4, -0.2) is 11.2 Å². The summed E-state index contributed by atoms with van der Waals surface area (Å²) in [5, 5.41) is 9.94. The molecule has 0 bridgehead atoms. The first-order valence-corrected chi connectivity index (χ1v) is 5.40. The maximum Gasteiger partial charge on any atom is 0.0755 e. The number of aliphatic hydroxyl groups is 1. The lowest BCUT2D eigenvalue weighted by Gasteiger charge is -2.29. The van der Waals surface area contributed by atoms with Gasteiger partial charge in [-0.05, 0) is 30.3 Å². The molecule has 0 aromatic carbocycles. The molecule has 0 heterocycles. The molecular formula is C12H22O. The molecule has 0 saturated heterocycles. The first-order valence-electron chi connectivity index (χ1n) is 5.40. The van der Waals surface area contributed by atoms with Crippen molar-refractivity contribution in [3.05, 3.63) is 11.6 Å². The molecule has 0 aromatic rings. The van der Waals surface area contributed by atoms with Gasteiger partial charge in [0.25, 0.3) is 0 Å². The molecule has 0 fully saturated rings. The monoisotopic (exact) mass is 182 g/mol. The minimum absolute atomic E-state index is 0.136. The van der Waals surface area contributed by atoms with Crippen molar-refractivity contribution in [2.75, 3.05) is 0 Å². The number of hydrogen-bond acceptors (Lipinski definition) is 1. The van der Waals surface area contributed by atoms with Crippen LogP contribution in [0.25, 0.3) is 0 Å². The molecule has 1 aliphatic rings. The number of aliphatic hydroxyl groups excluding tert-OH is 1. The fourth-order valence-corrected chi connectivity index (χ4v) is 2.01. The van der Waals surface area contributed by atoms with Crippen molar-refractivity contribution in [1.82, 2.24) is 0 Å². The summed E-state index contributed by atoms with van der Waals surface area (Å²) in [5.74, 6) is 0. The van der Waals surface area contributed by atoms with E-state index < -0.39 is 0 Å². The summed E-state index contributed by atoms with van der Waals surface area (Å²) in [4.78, 5) is 0. The summed E-state index contributed by atoms with van der Waals surface area (Å²) in [7, 11) is 0. The van der Waals surface area contributed by atoms with Crippen LogP contribution in [0.1, 0.15) is 52.9 Å². The van der Waals surface area contributed by atoms with E-state index in [-0.39, 0.29) is 11.5 Å². The van der Waals surface area contributed by atoms with E-state index in [4.69, 9.17) is 0 Å². The van der Waals surface area contributed by atoms with Gasteiger partial charge in [0, 0.05) is 0 Å². The molecule has 0 aliphatic heterocycles. The zero-order valence-corrected chi connectivity index (χ0v) is 9.14. The van der Waals surface area contributed by atoms with Crippen LogP contribution >= 0.6 is 0 Å². The quantitative estimate of drug-likeness (QED) is 0.570. The SMILES string of the molecule is CC(C)(C)C1=CCCCCCC1O. The van der Waals surface area contributed by atoms with Crippen molar-refractivity contribution < 1.29 is 5.11 Å². The standard InChI is InChI=1S/C12H22O/c1-12(2,3)10-8-6-4-5-7-9-11(10)13/h8,11,13H,4-7,9H2,1-3H3. The maximum atomic E-state index is 9.94. The zero-order valence-electron chi connectivity index (χ0n) is 9.14. The smallest absolute Gasteiger partial charge is 0.0755 e. The molecule has 1 nitrogen and oxygen atoms in total. The topological polar surface area (TPSA) is 20.2 Å². The Balaban J connectivity index is 2.76. The average Bonchev–Trinajstić information content (AvgIpc) is 1.94. The van der Waals surface area contributed by atoms with Gasteiger partial charge < -0.3 is 5.11 Å².